The molecule has 0 saturated carbocycles. The van der Waals surface area contributed by atoms with Crippen LogP contribution in [0.15, 0.2) is 83.7 Å². The van der Waals surface area contributed by atoms with Gasteiger partial charge in [-0.2, -0.15) is 5.10 Å². The first-order valence-corrected chi connectivity index (χ1v) is 12.5. The van der Waals surface area contributed by atoms with Crippen molar-refractivity contribution in [2.24, 2.45) is 5.73 Å². The fourth-order valence-electron chi connectivity index (χ4n) is 3.86. The molecular formula is C24H22N4O3S2. The number of esters is 1. The van der Waals surface area contributed by atoms with Crippen LogP contribution in [0.4, 0.5) is 0 Å². The second-order valence-electron chi connectivity index (χ2n) is 7.71. The first kappa shape index (κ1) is 21.8. The van der Waals surface area contributed by atoms with Gasteiger partial charge in [-0.3, -0.25) is 14.8 Å². The van der Waals surface area contributed by atoms with E-state index >= 15 is 0 Å². The summed E-state index contributed by atoms with van der Waals surface area (Å²) in [6.07, 6.45) is 2.97. The van der Waals surface area contributed by atoms with Crippen LogP contribution in [0.3, 0.4) is 0 Å². The molecule has 2 aromatic carbocycles. The summed E-state index contributed by atoms with van der Waals surface area (Å²) in [5.41, 5.74) is 9.04. The summed E-state index contributed by atoms with van der Waals surface area (Å²) in [5.74, 6) is 0.448. The van der Waals surface area contributed by atoms with Gasteiger partial charge in [0.15, 0.2) is 6.10 Å². The molecule has 3 heterocycles. The second kappa shape index (κ2) is 9.46. The normalized spacial score (nSPS) is 19.9. The maximum absolute atomic E-state index is 13.6. The number of amides is 1. The molecule has 7 nitrogen and oxygen atoms in total. The Morgan fingerprint density at radius 2 is 1.85 bits per heavy atom. The van der Waals surface area contributed by atoms with E-state index in [2.05, 4.69) is 10.2 Å². The predicted molar refractivity (Wildman–Crippen MR) is 129 cm³/mol. The first-order chi connectivity index (χ1) is 16.1. The summed E-state index contributed by atoms with van der Waals surface area (Å²) in [7, 11) is 0. The standard InChI is InChI=1S/C24H22N4O3S2/c25-19-22(29)28-20(18(14-33-23(19)28)32-13-15-11-26-27-12-15)24(30)31-21(16-7-3-1-4-8-16)17-9-5-2-6-10-17/h1-12,19,21,23H,13-14,25H2,(H,26,27)/t19-,23-/m1/s1. The smallest absolute Gasteiger partial charge is 0.356 e. The summed E-state index contributed by atoms with van der Waals surface area (Å²) in [6, 6.07) is 18.6. The number of nitrogens with one attached hydrogen (secondary N) is 1. The van der Waals surface area contributed by atoms with E-state index < -0.39 is 18.1 Å². The van der Waals surface area contributed by atoms with Gasteiger partial charge in [-0.15, -0.1) is 23.5 Å². The second-order valence-corrected chi connectivity index (χ2v) is 9.88. The Balaban J connectivity index is 1.47. The molecule has 2 aliphatic rings. The van der Waals surface area contributed by atoms with Crippen molar-refractivity contribution < 1.29 is 14.3 Å². The molecular weight excluding hydrogens is 456 g/mol. The molecule has 3 aromatic rings. The van der Waals surface area contributed by atoms with Gasteiger partial charge in [0.05, 0.1) is 6.20 Å². The Morgan fingerprint density at radius 1 is 1.18 bits per heavy atom. The molecule has 1 fully saturated rings. The predicted octanol–water partition coefficient (Wildman–Crippen LogP) is 3.43. The monoisotopic (exact) mass is 478 g/mol. The summed E-state index contributed by atoms with van der Waals surface area (Å²) in [6.45, 7) is 0. The SMILES string of the molecule is N[C@@H]1C(=O)N2C(C(=O)OC(c3ccccc3)c3ccccc3)=C(SCc3cn[nH]c3)CS[C@H]12. The van der Waals surface area contributed by atoms with Crippen molar-refractivity contribution >= 4 is 35.4 Å². The lowest BCUT2D eigenvalue weighted by molar-refractivity contribution is -0.152. The number of carbonyl (C=O) groups excluding carboxylic acids is 2. The number of benzene rings is 2. The quantitative estimate of drug-likeness (QED) is 0.396. The molecule has 33 heavy (non-hydrogen) atoms. The minimum Gasteiger partial charge on any atom is -0.448 e. The van der Waals surface area contributed by atoms with Crippen LogP contribution in [0.2, 0.25) is 0 Å². The first-order valence-electron chi connectivity index (χ1n) is 10.5. The lowest BCUT2D eigenvalue weighted by Gasteiger charge is -2.48. The lowest BCUT2D eigenvalue weighted by atomic mass is 10.0. The van der Waals surface area contributed by atoms with Gasteiger partial charge in [0.25, 0.3) is 0 Å². The summed E-state index contributed by atoms with van der Waals surface area (Å²) < 4.78 is 6.09. The molecule has 0 aliphatic carbocycles. The fraction of sp³-hybridized carbons (Fsp3) is 0.208. The van der Waals surface area contributed by atoms with Crippen molar-refractivity contribution in [3.05, 3.63) is 100 Å². The fourth-order valence-corrected chi connectivity index (χ4v) is 6.36. The number of hydrogen-bond donors (Lipinski definition) is 2. The van der Waals surface area contributed by atoms with Crippen molar-refractivity contribution in [3.63, 3.8) is 0 Å². The summed E-state index contributed by atoms with van der Waals surface area (Å²) >= 11 is 3.09. The van der Waals surface area contributed by atoms with E-state index in [9.17, 15) is 9.59 Å². The molecule has 0 spiro atoms. The Kier molecular flexibility index (Phi) is 6.26. The minimum atomic E-state index is -0.600. The van der Waals surface area contributed by atoms with E-state index in [1.165, 1.54) is 16.7 Å². The molecule has 5 rings (SSSR count). The number of aromatic nitrogens is 2. The average Bonchev–Trinajstić information content (AvgIpc) is 3.39. The van der Waals surface area contributed by atoms with Crippen molar-refractivity contribution in [1.29, 1.82) is 0 Å². The number of hydrogen-bond acceptors (Lipinski definition) is 7. The average molecular weight is 479 g/mol. The molecule has 2 atom stereocenters. The van der Waals surface area contributed by atoms with Crippen LogP contribution < -0.4 is 5.73 Å². The summed E-state index contributed by atoms with van der Waals surface area (Å²) in [5, 5.41) is 6.53. The van der Waals surface area contributed by atoms with Crippen molar-refractivity contribution in [2.75, 3.05) is 5.75 Å². The highest BCUT2D eigenvalue weighted by atomic mass is 32.2. The Morgan fingerprint density at radius 3 is 2.45 bits per heavy atom. The van der Waals surface area contributed by atoms with Crippen LogP contribution in [-0.2, 0) is 20.1 Å². The number of rotatable bonds is 7. The molecule has 0 bridgehead atoms. The van der Waals surface area contributed by atoms with Crippen molar-refractivity contribution in [2.45, 2.75) is 23.3 Å². The number of fused-ring (bicyclic) bond motifs is 1. The maximum atomic E-state index is 13.6. The molecule has 168 valence electrons. The Hall–Kier alpha value is -3.01. The molecule has 1 aromatic heterocycles. The highest BCUT2D eigenvalue weighted by molar-refractivity contribution is 8.05. The van der Waals surface area contributed by atoms with Gasteiger partial charge in [0, 0.05) is 28.2 Å². The number of H-pyrrole nitrogens is 1. The minimum absolute atomic E-state index is 0.245. The Bertz CT molecular complexity index is 1130. The number of β-lactam (4-membered cyclic amide) rings is 1. The van der Waals surface area contributed by atoms with Crippen molar-refractivity contribution in [1.82, 2.24) is 15.1 Å². The van der Waals surface area contributed by atoms with Crippen LogP contribution in [0, 0.1) is 0 Å². The highest BCUT2D eigenvalue weighted by Gasteiger charge is 2.52. The van der Waals surface area contributed by atoms with Crippen molar-refractivity contribution in [3.8, 4) is 0 Å². The lowest BCUT2D eigenvalue weighted by Crippen LogP contribution is -2.68. The molecule has 1 saturated heterocycles. The molecule has 0 radical (unpaired) electrons. The van der Waals surface area contributed by atoms with Gasteiger partial charge in [-0.1, -0.05) is 60.7 Å². The van der Waals surface area contributed by atoms with E-state index in [-0.39, 0.29) is 11.3 Å². The van der Waals surface area contributed by atoms with E-state index in [0.29, 0.717) is 17.2 Å². The zero-order valence-corrected chi connectivity index (χ0v) is 19.2. The van der Waals surface area contributed by atoms with E-state index in [1.807, 2.05) is 66.9 Å². The van der Waals surface area contributed by atoms with Gasteiger partial charge in [0.1, 0.15) is 17.1 Å². The third kappa shape index (κ3) is 4.31. The number of nitrogens with zero attached hydrogens (tertiary/aromatic N) is 2. The largest absolute Gasteiger partial charge is 0.448 e. The van der Waals surface area contributed by atoms with Gasteiger partial charge in [-0.25, -0.2) is 4.79 Å². The maximum Gasteiger partial charge on any atom is 0.356 e. The number of thioether (sulfide) groups is 2. The molecule has 1 amide bonds. The number of aromatic amines is 1. The number of ether oxygens (including phenoxy) is 1. The zero-order valence-electron chi connectivity index (χ0n) is 17.6. The molecule has 2 aliphatic heterocycles. The van der Waals surface area contributed by atoms with Crippen LogP contribution in [0.5, 0.6) is 0 Å². The Labute approximate surface area is 199 Å². The third-order valence-corrected chi connectivity index (χ3v) is 8.21. The van der Waals surface area contributed by atoms with Gasteiger partial charge in [0.2, 0.25) is 5.91 Å². The van der Waals surface area contributed by atoms with Gasteiger partial charge in [-0.05, 0) is 11.1 Å². The topological polar surface area (TPSA) is 101 Å². The highest BCUT2D eigenvalue weighted by Crippen LogP contribution is 2.44. The molecule has 0 unspecified atom stereocenters. The molecule has 3 N–H and O–H groups in total. The van der Waals surface area contributed by atoms with Crippen LogP contribution in [0.25, 0.3) is 0 Å². The van der Waals surface area contributed by atoms with E-state index in [0.717, 1.165) is 21.6 Å². The third-order valence-electron chi connectivity index (χ3n) is 5.57. The summed E-state index contributed by atoms with van der Waals surface area (Å²) in [4.78, 5) is 28.6. The van der Waals surface area contributed by atoms with E-state index in [1.54, 1.807) is 18.0 Å². The van der Waals surface area contributed by atoms with Crippen LogP contribution >= 0.6 is 23.5 Å². The van der Waals surface area contributed by atoms with Crippen LogP contribution in [0.1, 0.15) is 22.8 Å². The van der Waals surface area contributed by atoms with Gasteiger partial charge < -0.3 is 10.5 Å². The molecule has 9 heteroatoms. The zero-order chi connectivity index (χ0) is 22.8. The van der Waals surface area contributed by atoms with Gasteiger partial charge >= 0.3 is 5.97 Å². The van der Waals surface area contributed by atoms with E-state index in [4.69, 9.17) is 10.5 Å². The number of carbonyl (C=O) groups is 2. The van der Waals surface area contributed by atoms with Crippen LogP contribution in [-0.4, -0.2) is 44.1 Å². The number of nitrogens with two attached hydrogens (primary N) is 1.